The Morgan fingerprint density at radius 1 is 0.886 bits per heavy atom. The van der Waals surface area contributed by atoms with Crippen LogP contribution >= 0.6 is 27.5 Å². The Hall–Kier alpha value is -3.66. The summed E-state index contributed by atoms with van der Waals surface area (Å²) in [6.07, 6.45) is 0.974. The van der Waals surface area contributed by atoms with Crippen LogP contribution in [-0.4, -0.2) is 44.3 Å². The molecule has 0 radical (unpaired) electrons. The Kier molecular flexibility index (Phi) is 11.6. The molecule has 0 bridgehead atoms. The molecule has 1 N–H and O–H groups in total. The predicted molar refractivity (Wildman–Crippen MR) is 179 cm³/mol. The van der Waals surface area contributed by atoms with E-state index in [0.717, 1.165) is 31.9 Å². The van der Waals surface area contributed by atoms with Gasteiger partial charge < -0.3 is 10.2 Å². The maximum absolute atomic E-state index is 14.4. The van der Waals surface area contributed by atoms with Crippen LogP contribution in [0.4, 0.5) is 5.69 Å². The number of halogens is 2. The van der Waals surface area contributed by atoms with Gasteiger partial charge in [-0.2, -0.15) is 0 Å². The first-order valence-corrected chi connectivity index (χ1v) is 16.9. The third kappa shape index (κ3) is 8.49. The van der Waals surface area contributed by atoms with Gasteiger partial charge in [0.1, 0.15) is 12.6 Å². The van der Waals surface area contributed by atoms with E-state index in [2.05, 4.69) is 21.2 Å². The zero-order valence-corrected chi connectivity index (χ0v) is 27.8. The van der Waals surface area contributed by atoms with Crippen LogP contribution in [0.2, 0.25) is 5.02 Å². The third-order valence-corrected chi connectivity index (χ3v) is 9.86. The van der Waals surface area contributed by atoms with Crippen molar-refractivity contribution >= 4 is 55.1 Å². The van der Waals surface area contributed by atoms with Crippen LogP contribution in [0.15, 0.2) is 112 Å². The summed E-state index contributed by atoms with van der Waals surface area (Å²) in [5, 5.41) is 3.32. The van der Waals surface area contributed by atoms with Crippen LogP contribution < -0.4 is 9.62 Å². The fourth-order valence-corrected chi connectivity index (χ4v) is 6.56. The molecule has 0 aliphatic heterocycles. The number of sulfonamides is 1. The van der Waals surface area contributed by atoms with Gasteiger partial charge in [-0.1, -0.05) is 101 Å². The number of carbonyl (C=O) groups excluding carboxylic acids is 2. The van der Waals surface area contributed by atoms with E-state index in [1.807, 2.05) is 68.4 Å². The molecule has 0 saturated carbocycles. The highest BCUT2D eigenvalue weighted by Crippen LogP contribution is 2.29. The van der Waals surface area contributed by atoms with Gasteiger partial charge in [-0.25, -0.2) is 8.42 Å². The molecular weight excluding hydrogens is 662 g/mol. The number of anilines is 1. The van der Waals surface area contributed by atoms with E-state index in [1.54, 1.807) is 36.4 Å². The molecular formula is C34H35BrClN3O4S. The largest absolute Gasteiger partial charge is 0.354 e. The summed E-state index contributed by atoms with van der Waals surface area (Å²) in [6.45, 7) is 3.77. The Morgan fingerprint density at radius 3 is 2.14 bits per heavy atom. The van der Waals surface area contributed by atoms with Crippen molar-refractivity contribution in [3.05, 3.63) is 129 Å². The fourth-order valence-electron chi connectivity index (χ4n) is 4.69. The summed E-state index contributed by atoms with van der Waals surface area (Å²) in [6, 6.07) is 28.9. The highest BCUT2D eigenvalue weighted by molar-refractivity contribution is 9.10. The molecule has 44 heavy (non-hydrogen) atoms. The average molecular weight is 697 g/mol. The smallest absolute Gasteiger partial charge is 0.264 e. The Balaban J connectivity index is 1.80. The molecule has 0 spiro atoms. The standard InChI is InChI=1S/C34H35BrClN3O4S/c1-3-20-37-34(41)32(21-26-10-6-4-7-11-26)38(23-27-15-17-28(35)18-16-27)33(40)24-39(29-19-14-25(2)31(36)22-29)44(42,43)30-12-8-5-9-13-30/h4-19,22,32H,3,20-21,23-24H2,1-2H3,(H,37,41)/t32-/m1/s1. The second kappa shape index (κ2) is 15.4. The lowest BCUT2D eigenvalue weighted by Crippen LogP contribution is -2.53. The van der Waals surface area contributed by atoms with Crippen molar-refractivity contribution in [1.82, 2.24) is 10.2 Å². The molecule has 4 aromatic rings. The lowest BCUT2D eigenvalue weighted by molar-refractivity contribution is -0.140. The molecule has 0 aliphatic carbocycles. The van der Waals surface area contributed by atoms with Crippen LogP contribution in [0.5, 0.6) is 0 Å². The Morgan fingerprint density at radius 2 is 1.52 bits per heavy atom. The highest BCUT2D eigenvalue weighted by Gasteiger charge is 2.34. The molecule has 0 heterocycles. The fraction of sp³-hybridized carbons (Fsp3) is 0.235. The van der Waals surface area contributed by atoms with Gasteiger partial charge in [-0.3, -0.25) is 13.9 Å². The van der Waals surface area contributed by atoms with Crippen LogP contribution in [0.1, 0.15) is 30.0 Å². The van der Waals surface area contributed by atoms with Crippen molar-refractivity contribution < 1.29 is 18.0 Å². The van der Waals surface area contributed by atoms with E-state index < -0.39 is 28.5 Å². The minimum absolute atomic E-state index is 0.0329. The summed E-state index contributed by atoms with van der Waals surface area (Å²) >= 11 is 9.88. The molecule has 10 heteroatoms. The summed E-state index contributed by atoms with van der Waals surface area (Å²) in [5.74, 6) is -0.839. The zero-order chi connectivity index (χ0) is 31.7. The van der Waals surface area contributed by atoms with Crippen molar-refractivity contribution in [1.29, 1.82) is 0 Å². The van der Waals surface area contributed by atoms with Crippen LogP contribution in [0.25, 0.3) is 0 Å². The van der Waals surface area contributed by atoms with Crippen LogP contribution in [0.3, 0.4) is 0 Å². The number of nitrogens with zero attached hydrogens (tertiary/aromatic N) is 2. The number of nitrogens with one attached hydrogen (secondary N) is 1. The van der Waals surface area contributed by atoms with Gasteiger partial charge in [0.2, 0.25) is 11.8 Å². The van der Waals surface area contributed by atoms with Gasteiger partial charge in [0.05, 0.1) is 10.6 Å². The Bertz CT molecular complexity index is 1670. The number of benzene rings is 4. The summed E-state index contributed by atoms with van der Waals surface area (Å²) in [7, 11) is -4.19. The summed E-state index contributed by atoms with van der Waals surface area (Å²) in [4.78, 5) is 29.6. The average Bonchev–Trinajstić information content (AvgIpc) is 3.03. The number of amides is 2. The molecule has 1 atom stereocenters. The van der Waals surface area contributed by atoms with Gasteiger partial charge >= 0.3 is 0 Å². The molecule has 0 unspecified atom stereocenters. The first kappa shape index (κ1) is 33.2. The zero-order valence-electron chi connectivity index (χ0n) is 24.6. The molecule has 4 rings (SSSR count). The maximum Gasteiger partial charge on any atom is 0.264 e. The first-order valence-electron chi connectivity index (χ1n) is 14.3. The second-order valence-corrected chi connectivity index (χ2v) is 13.6. The summed E-state index contributed by atoms with van der Waals surface area (Å²) in [5.41, 5.74) is 2.68. The van der Waals surface area contributed by atoms with Crippen LogP contribution in [-0.2, 0) is 32.6 Å². The normalized spacial score (nSPS) is 11.9. The molecule has 7 nitrogen and oxygen atoms in total. The van der Waals surface area contributed by atoms with Crippen molar-refractivity contribution in [3.8, 4) is 0 Å². The molecule has 0 aromatic heterocycles. The topological polar surface area (TPSA) is 86.8 Å². The highest BCUT2D eigenvalue weighted by atomic mass is 79.9. The van der Waals surface area contributed by atoms with Crippen molar-refractivity contribution in [3.63, 3.8) is 0 Å². The maximum atomic E-state index is 14.4. The Labute approximate surface area is 273 Å². The molecule has 0 saturated heterocycles. The van der Waals surface area contributed by atoms with Crippen LogP contribution in [0, 0.1) is 6.92 Å². The lowest BCUT2D eigenvalue weighted by Gasteiger charge is -2.34. The molecule has 0 fully saturated rings. The minimum atomic E-state index is -4.19. The quantitative estimate of drug-likeness (QED) is 0.167. The van der Waals surface area contributed by atoms with Gasteiger partial charge in [-0.15, -0.1) is 0 Å². The number of aryl methyl sites for hydroxylation is 1. The van der Waals surface area contributed by atoms with E-state index in [0.29, 0.717) is 11.6 Å². The van der Waals surface area contributed by atoms with Crippen molar-refractivity contribution in [2.45, 2.75) is 44.2 Å². The number of carbonyl (C=O) groups is 2. The number of rotatable bonds is 13. The third-order valence-electron chi connectivity index (χ3n) is 7.14. The minimum Gasteiger partial charge on any atom is -0.354 e. The second-order valence-electron chi connectivity index (χ2n) is 10.4. The summed E-state index contributed by atoms with van der Waals surface area (Å²) < 4.78 is 30.0. The first-order chi connectivity index (χ1) is 21.1. The van der Waals surface area contributed by atoms with E-state index >= 15 is 0 Å². The molecule has 2 amide bonds. The predicted octanol–water partition coefficient (Wildman–Crippen LogP) is 6.77. The van der Waals surface area contributed by atoms with Crippen molar-refractivity contribution in [2.24, 2.45) is 0 Å². The van der Waals surface area contributed by atoms with E-state index in [9.17, 15) is 18.0 Å². The van der Waals surface area contributed by atoms with E-state index in [-0.39, 0.29) is 29.5 Å². The molecule has 0 aliphatic rings. The number of hydrogen-bond donors (Lipinski definition) is 1. The van der Waals surface area contributed by atoms with Gasteiger partial charge in [-0.05, 0) is 66.4 Å². The molecule has 230 valence electrons. The SMILES string of the molecule is CCCNC(=O)[C@@H](Cc1ccccc1)N(Cc1ccc(Br)cc1)C(=O)CN(c1ccc(C)c(Cl)c1)S(=O)(=O)c1ccccc1. The van der Waals surface area contributed by atoms with Gasteiger partial charge in [0.25, 0.3) is 10.0 Å². The van der Waals surface area contributed by atoms with Crippen molar-refractivity contribution in [2.75, 3.05) is 17.4 Å². The lowest BCUT2D eigenvalue weighted by atomic mass is 10.0. The monoisotopic (exact) mass is 695 g/mol. The van der Waals surface area contributed by atoms with Gasteiger partial charge in [0.15, 0.2) is 0 Å². The molecule has 4 aromatic carbocycles. The van der Waals surface area contributed by atoms with E-state index in [1.165, 1.54) is 17.0 Å². The number of hydrogen-bond acceptors (Lipinski definition) is 4. The van der Waals surface area contributed by atoms with Gasteiger partial charge in [0, 0.05) is 29.0 Å². The van der Waals surface area contributed by atoms with E-state index in [4.69, 9.17) is 11.6 Å².